The summed E-state index contributed by atoms with van der Waals surface area (Å²) >= 11 is 11.1. The molecule has 0 aromatic carbocycles. The van der Waals surface area contributed by atoms with Gasteiger partial charge in [0, 0.05) is 0 Å². The summed E-state index contributed by atoms with van der Waals surface area (Å²) in [5.41, 5.74) is 6.86. The van der Waals surface area contributed by atoms with Gasteiger partial charge >= 0.3 is 49.4 Å². The predicted molar refractivity (Wildman–Crippen MR) is 108 cm³/mol. The van der Waals surface area contributed by atoms with Gasteiger partial charge in [-0.2, -0.15) is 11.5 Å². The molecule has 0 aromatic rings. The van der Waals surface area contributed by atoms with E-state index >= 15 is 0 Å². The van der Waals surface area contributed by atoms with Crippen molar-refractivity contribution in [1.29, 1.82) is 0 Å². The van der Waals surface area contributed by atoms with Crippen molar-refractivity contribution in [3.63, 3.8) is 0 Å². The quantitative estimate of drug-likeness (QED) is 0.488. The summed E-state index contributed by atoms with van der Waals surface area (Å²) in [4.78, 5) is 4.15. The molecule has 0 fully saturated rings. The maximum atomic E-state index is 6.94. The van der Waals surface area contributed by atoms with Crippen molar-refractivity contribution in [2.45, 2.75) is 52.6 Å². The number of nitrogens with zero attached hydrogens (tertiary/aromatic N) is 3. The number of hydrogen-bond acceptors (Lipinski definition) is 5. The molecule has 0 aromatic heterocycles. The van der Waals surface area contributed by atoms with E-state index in [0.717, 1.165) is 24.6 Å². The van der Waals surface area contributed by atoms with Gasteiger partial charge in [-0.25, -0.2) is 0 Å². The standard InChI is InChI=1S/2C4H11NS.C4H10N.C4H9N.Mo/c2*1-5(2)3-4-6;2*1-4(2,3)5;/h2*6H,3-4H2,1-2H3;5H,1-3H3;1-3H3;/q;;-1;;+4/p-2. The van der Waals surface area contributed by atoms with Crippen LogP contribution in [-0.2, 0) is 44.9 Å². The molecule has 23 heavy (non-hydrogen) atoms. The average Bonchev–Trinajstić information content (AvgIpc) is 2.26. The van der Waals surface area contributed by atoms with Gasteiger partial charge in [0.15, 0.2) is 0 Å². The molecule has 4 nitrogen and oxygen atoms in total. The van der Waals surface area contributed by atoms with E-state index in [-0.39, 0.29) is 11.1 Å². The zero-order chi connectivity index (χ0) is 19.7. The fourth-order valence-electron chi connectivity index (χ4n) is 0.365. The summed E-state index contributed by atoms with van der Waals surface area (Å²) in [7, 11) is 8.08. The Morgan fingerprint density at radius 1 is 0.826 bits per heavy atom. The van der Waals surface area contributed by atoms with Crippen molar-refractivity contribution in [1.82, 2.24) is 9.80 Å². The molecule has 1 N–H and O–H groups in total. The van der Waals surface area contributed by atoms with Crippen molar-refractivity contribution in [3.8, 4) is 0 Å². The summed E-state index contributed by atoms with van der Waals surface area (Å²) in [5, 5.41) is 0. The van der Waals surface area contributed by atoms with Crippen LogP contribution >= 0.6 is 0 Å². The Balaban J connectivity index is -0.000000105. The van der Waals surface area contributed by atoms with Gasteiger partial charge in [0.2, 0.25) is 0 Å². The summed E-state index contributed by atoms with van der Waals surface area (Å²) in [5.74, 6) is 1.68. The molecule has 0 atom stereocenters. The predicted octanol–water partition coefficient (Wildman–Crippen LogP) is 3.54. The van der Waals surface area contributed by atoms with Crippen LogP contribution in [0.4, 0.5) is 0 Å². The minimum absolute atomic E-state index is 0.171. The van der Waals surface area contributed by atoms with Crippen molar-refractivity contribution >= 4 is 25.3 Å². The van der Waals surface area contributed by atoms with Gasteiger partial charge in [-0.3, -0.25) is 0 Å². The summed E-state index contributed by atoms with van der Waals surface area (Å²) < 4.78 is 4.03. The molecule has 7 heteroatoms. The van der Waals surface area contributed by atoms with Gasteiger partial charge in [-0.15, -0.1) is 5.54 Å². The Hall–Kier alpha value is 1.07. The van der Waals surface area contributed by atoms with E-state index in [1.54, 1.807) is 19.6 Å². The van der Waals surface area contributed by atoms with Crippen LogP contribution in [0.1, 0.15) is 41.5 Å². The first kappa shape index (κ1) is 31.8. The van der Waals surface area contributed by atoms with Crippen LogP contribution in [0.2, 0.25) is 0 Å². The van der Waals surface area contributed by atoms with Crippen molar-refractivity contribution < 1.29 is 19.6 Å². The second kappa shape index (κ2) is 19.4. The fraction of sp³-hybridized carbons (Fsp3) is 1.00. The van der Waals surface area contributed by atoms with Gasteiger partial charge in [0.05, 0.1) is 0 Å². The molecule has 140 valence electrons. The minimum Gasteiger partial charge on any atom is -0.791 e. The maximum absolute atomic E-state index is 6.94. The molecular formula is C16H39MoN4S2+. The third kappa shape index (κ3) is 101. The van der Waals surface area contributed by atoms with E-state index in [4.69, 9.17) is 5.73 Å². The minimum atomic E-state index is -0.250. The second-order valence-corrected chi connectivity index (χ2v) is 8.79. The third-order valence-corrected chi connectivity index (χ3v) is 3.06. The van der Waals surface area contributed by atoms with Crippen LogP contribution in [0.15, 0.2) is 3.50 Å². The Morgan fingerprint density at radius 3 is 1.00 bits per heavy atom. The molecular weight excluding hydrogens is 408 g/mol. The van der Waals surface area contributed by atoms with Crippen LogP contribution in [0, 0.1) is 0 Å². The summed E-state index contributed by atoms with van der Waals surface area (Å²) in [6, 6.07) is 0. The Bertz CT molecular complexity index is 221. The Morgan fingerprint density at radius 2 is 1.00 bits per heavy atom. The monoisotopic (exact) mass is 449 g/mol. The van der Waals surface area contributed by atoms with E-state index in [0.29, 0.717) is 0 Å². The normalized spacial score (nSPS) is 10.8. The van der Waals surface area contributed by atoms with Gasteiger partial charge in [0.1, 0.15) is 0 Å². The fourth-order valence-corrected chi connectivity index (χ4v) is 1.10. The third-order valence-electron chi connectivity index (χ3n) is 1.35. The molecule has 0 aliphatic carbocycles. The number of hydrogen-bond donors (Lipinski definition) is 0. The molecule has 0 bridgehead atoms. The van der Waals surface area contributed by atoms with Crippen LogP contribution in [0.3, 0.4) is 0 Å². The molecule has 0 amide bonds. The van der Waals surface area contributed by atoms with Crippen LogP contribution in [-0.4, -0.2) is 73.7 Å². The maximum Gasteiger partial charge on any atom is -0.0138 e. The first-order chi connectivity index (χ1) is 10.1. The molecule has 0 rings (SSSR count). The number of nitrogens with one attached hydrogen (secondary N) is 1. The SMILES string of the molecule is CC(C)(C)[NH-].CC(C)(C)[N]=[Mo+4].CN(C)CC[S-].CN(C)CC[S-]. The van der Waals surface area contributed by atoms with E-state index in [1.165, 1.54) is 0 Å². The topological polar surface area (TPSA) is 42.6 Å². The van der Waals surface area contributed by atoms with Crippen molar-refractivity contribution in [2.75, 3.05) is 52.8 Å². The first-order valence-corrected chi connectivity index (χ1v) is 9.71. The smallest absolute Gasteiger partial charge is 0.0138 e. The van der Waals surface area contributed by atoms with Crippen LogP contribution < -0.4 is 0 Å². The zero-order valence-corrected chi connectivity index (χ0v) is 20.5. The van der Waals surface area contributed by atoms with Crippen molar-refractivity contribution in [2.24, 2.45) is 3.50 Å². The molecule has 0 spiro atoms. The largest absolute Gasteiger partial charge is 0.791 e. The van der Waals surface area contributed by atoms with Crippen molar-refractivity contribution in [3.05, 3.63) is 5.73 Å². The second-order valence-electron chi connectivity index (χ2n) is 7.53. The zero-order valence-electron chi connectivity index (χ0n) is 16.9. The molecule has 0 radical (unpaired) electrons. The number of rotatable bonds is 4. The molecule has 0 saturated heterocycles. The van der Waals surface area contributed by atoms with E-state index < -0.39 is 0 Å². The molecule has 0 saturated carbocycles. The van der Waals surface area contributed by atoms with E-state index in [2.05, 4.69) is 59.3 Å². The molecule has 0 aliphatic heterocycles. The summed E-state index contributed by atoms with van der Waals surface area (Å²) in [6.07, 6.45) is 0. The van der Waals surface area contributed by atoms with E-state index in [9.17, 15) is 0 Å². The van der Waals surface area contributed by atoms with Gasteiger partial charge in [-0.1, -0.05) is 20.8 Å². The van der Waals surface area contributed by atoms with E-state index in [1.807, 2.05) is 49.0 Å². The van der Waals surface area contributed by atoms with Gasteiger partial charge in [0.25, 0.3) is 0 Å². The molecule has 0 heterocycles. The Kier molecular flexibility index (Phi) is 26.8. The molecule has 0 aliphatic rings. The first-order valence-electron chi connectivity index (χ1n) is 7.65. The van der Waals surface area contributed by atoms with Crippen LogP contribution in [0.25, 0.3) is 5.73 Å². The molecule has 0 unspecified atom stereocenters. The Labute approximate surface area is 168 Å². The van der Waals surface area contributed by atoms with Gasteiger partial charge in [-0.05, 0) is 41.3 Å². The average molecular weight is 448 g/mol. The summed E-state index contributed by atoms with van der Waals surface area (Å²) in [6.45, 7) is 13.8. The van der Waals surface area contributed by atoms with Gasteiger partial charge < -0.3 is 40.8 Å². The van der Waals surface area contributed by atoms with Crippen LogP contribution in [0.5, 0.6) is 0 Å².